The molecule has 2 aliphatic heterocycles. The zero-order valence-corrected chi connectivity index (χ0v) is 12.0. The van der Waals surface area contributed by atoms with E-state index in [0.29, 0.717) is 11.6 Å². The molecule has 0 fully saturated rings. The number of hydrogen-bond donors (Lipinski definition) is 2. The highest BCUT2D eigenvalue weighted by molar-refractivity contribution is 6.33. The van der Waals surface area contributed by atoms with Crippen LogP contribution in [-0.2, 0) is 17.9 Å². The Bertz CT molecular complexity index is 741. The number of hydrogen-bond acceptors (Lipinski definition) is 4. The van der Waals surface area contributed by atoms with E-state index in [-0.39, 0.29) is 5.91 Å². The monoisotopic (exact) mass is 303 g/mol. The first-order valence-electron chi connectivity index (χ1n) is 6.78. The summed E-state index contributed by atoms with van der Waals surface area (Å²) < 4.78 is 2.13. The van der Waals surface area contributed by atoms with E-state index in [4.69, 9.17) is 17.3 Å². The molecule has 7 heteroatoms. The number of aromatic nitrogens is 2. The second-order valence-corrected chi connectivity index (χ2v) is 5.72. The summed E-state index contributed by atoms with van der Waals surface area (Å²) in [6.07, 6.45) is 3.79. The molecule has 1 atom stereocenters. The van der Waals surface area contributed by atoms with Crippen molar-refractivity contribution in [3.05, 3.63) is 40.9 Å². The van der Waals surface area contributed by atoms with Gasteiger partial charge in [0.1, 0.15) is 11.9 Å². The van der Waals surface area contributed by atoms with Crippen LogP contribution in [-0.4, -0.2) is 22.0 Å². The van der Waals surface area contributed by atoms with E-state index < -0.39 is 6.04 Å². The Morgan fingerprint density at radius 2 is 2.24 bits per heavy atom. The molecule has 0 radical (unpaired) electrons. The van der Waals surface area contributed by atoms with Gasteiger partial charge in [0.2, 0.25) is 5.91 Å². The third kappa shape index (κ3) is 1.91. The smallest absolute Gasteiger partial charge is 0.245 e. The lowest BCUT2D eigenvalue weighted by Crippen LogP contribution is -2.33. The number of nitrogens with two attached hydrogens (primary N) is 1. The Morgan fingerprint density at radius 3 is 3.10 bits per heavy atom. The lowest BCUT2D eigenvalue weighted by molar-refractivity contribution is -0.116. The number of nitrogens with zero attached hydrogens (tertiary/aromatic N) is 3. The number of rotatable bonds is 1. The van der Waals surface area contributed by atoms with Crippen molar-refractivity contribution in [2.75, 3.05) is 16.8 Å². The zero-order valence-electron chi connectivity index (χ0n) is 11.2. The molecule has 3 N–H and O–H groups in total. The fourth-order valence-corrected chi connectivity index (χ4v) is 3.21. The fraction of sp³-hybridized carbons (Fsp3) is 0.286. The van der Waals surface area contributed by atoms with Gasteiger partial charge < -0.3 is 20.5 Å². The Balaban J connectivity index is 1.71. The highest BCUT2D eigenvalue weighted by Gasteiger charge is 2.29. The summed E-state index contributed by atoms with van der Waals surface area (Å²) >= 11 is 6.39. The van der Waals surface area contributed by atoms with Crippen molar-refractivity contribution in [1.82, 2.24) is 9.55 Å². The van der Waals surface area contributed by atoms with Gasteiger partial charge in [-0.1, -0.05) is 11.6 Å². The minimum Gasteiger partial charge on any atom is -0.361 e. The summed E-state index contributed by atoms with van der Waals surface area (Å²) in [6.45, 7) is 2.42. The SMILES string of the molecule is NC1C(=O)Nc2cc(N3CCn4ccnc4C3)c(Cl)cc21. The number of halogens is 1. The number of carbonyl (C=O) groups is 1. The predicted octanol–water partition coefficient (Wildman–Crippen LogP) is 1.51. The summed E-state index contributed by atoms with van der Waals surface area (Å²) in [6, 6.07) is 3.06. The molecule has 3 heterocycles. The van der Waals surface area contributed by atoms with Gasteiger partial charge in [0.25, 0.3) is 0 Å². The molecule has 1 aromatic carbocycles. The van der Waals surface area contributed by atoms with Crippen molar-refractivity contribution in [1.29, 1.82) is 0 Å². The standard InChI is InChI=1S/C14H14ClN5O/c15-9-5-8-10(18-14(21)13(8)16)6-11(9)20-4-3-19-2-1-17-12(19)7-20/h1-2,5-6,13H,3-4,7,16H2,(H,18,21). The summed E-state index contributed by atoms with van der Waals surface area (Å²) in [5, 5.41) is 3.41. The molecule has 21 heavy (non-hydrogen) atoms. The van der Waals surface area contributed by atoms with Crippen LogP contribution in [0.2, 0.25) is 5.02 Å². The van der Waals surface area contributed by atoms with Crippen molar-refractivity contribution in [3.8, 4) is 0 Å². The molecule has 6 nitrogen and oxygen atoms in total. The first-order valence-corrected chi connectivity index (χ1v) is 7.16. The molecule has 1 unspecified atom stereocenters. The van der Waals surface area contributed by atoms with Gasteiger partial charge in [-0.2, -0.15) is 0 Å². The average molecular weight is 304 g/mol. The van der Waals surface area contributed by atoms with E-state index in [1.54, 1.807) is 6.07 Å². The van der Waals surface area contributed by atoms with E-state index in [0.717, 1.165) is 35.9 Å². The van der Waals surface area contributed by atoms with Crippen LogP contribution in [0.1, 0.15) is 17.4 Å². The fourth-order valence-electron chi connectivity index (χ4n) is 2.92. The maximum absolute atomic E-state index is 11.7. The van der Waals surface area contributed by atoms with Crippen LogP contribution in [0.5, 0.6) is 0 Å². The lowest BCUT2D eigenvalue weighted by Gasteiger charge is -2.30. The number of anilines is 2. The zero-order chi connectivity index (χ0) is 14.6. The second-order valence-electron chi connectivity index (χ2n) is 5.32. The summed E-state index contributed by atoms with van der Waals surface area (Å²) in [5.74, 6) is 0.825. The maximum atomic E-state index is 11.7. The Hall–Kier alpha value is -2.05. The number of imidazole rings is 1. The molecule has 0 saturated carbocycles. The Morgan fingerprint density at radius 1 is 1.38 bits per heavy atom. The number of amides is 1. The van der Waals surface area contributed by atoms with E-state index in [1.165, 1.54) is 0 Å². The van der Waals surface area contributed by atoms with Crippen molar-refractivity contribution >= 4 is 28.9 Å². The topological polar surface area (TPSA) is 76.2 Å². The molecule has 4 rings (SSSR count). The lowest BCUT2D eigenvalue weighted by atomic mass is 10.1. The molecule has 1 aromatic heterocycles. The van der Waals surface area contributed by atoms with Crippen LogP contribution in [0, 0.1) is 0 Å². The summed E-state index contributed by atoms with van der Waals surface area (Å²) in [7, 11) is 0. The average Bonchev–Trinajstić information content (AvgIpc) is 3.04. The third-order valence-corrected chi connectivity index (χ3v) is 4.38. The number of benzene rings is 1. The van der Waals surface area contributed by atoms with Crippen LogP contribution in [0.4, 0.5) is 11.4 Å². The minimum atomic E-state index is -0.633. The van der Waals surface area contributed by atoms with Gasteiger partial charge in [-0.05, 0) is 12.1 Å². The molecular weight excluding hydrogens is 290 g/mol. The van der Waals surface area contributed by atoms with Crippen molar-refractivity contribution in [2.24, 2.45) is 5.73 Å². The first kappa shape index (κ1) is 12.7. The van der Waals surface area contributed by atoms with Crippen LogP contribution in [0.3, 0.4) is 0 Å². The van der Waals surface area contributed by atoms with Crippen molar-refractivity contribution in [2.45, 2.75) is 19.1 Å². The minimum absolute atomic E-state index is 0.188. The molecule has 0 bridgehead atoms. The normalized spacial score (nSPS) is 20.2. The van der Waals surface area contributed by atoms with Crippen molar-refractivity contribution in [3.63, 3.8) is 0 Å². The third-order valence-electron chi connectivity index (χ3n) is 4.08. The highest BCUT2D eigenvalue weighted by atomic mass is 35.5. The second kappa shape index (κ2) is 4.47. The summed E-state index contributed by atoms with van der Waals surface area (Å²) in [4.78, 5) is 18.2. The predicted molar refractivity (Wildman–Crippen MR) is 80.3 cm³/mol. The molecule has 0 saturated heterocycles. The Labute approximate surface area is 126 Å². The van der Waals surface area contributed by atoms with Crippen molar-refractivity contribution < 1.29 is 4.79 Å². The van der Waals surface area contributed by atoms with Gasteiger partial charge in [-0.15, -0.1) is 0 Å². The molecule has 0 aliphatic carbocycles. The van der Waals surface area contributed by atoms with Gasteiger partial charge in [-0.25, -0.2) is 4.98 Å². The van der Waals surface area contributed by atoms with Crippen LogP contribution in [0.25, 0.3) is 0 Å². The Kier molecular flexibility index (Phi) is 2.70. The van der Waals surface area contributed by atoms with E-state index in [1.807, 2.05) is 18.5 Å². The van der Waals surface area contributed by atoms with Crippen LogP contribution < -0.4 is 16.0 Å². The largest absolute Gasteiger partial charge is 0.361 e. The van der Waals surface area contributed by atoms with Gasteiger partial charge in [0.15, 0.2) is 0 Å². The van der Waals surface area contributed by atoms with Crippen LogP contribution in [0.15, 0.2) is 24.5 Å². The van der Waals surface area contributed by atoms with E-state index in [9.17, 15) is 4.79 Å². The highest BCUT2D eigenvalue weighted by Crippen LogP contribution is 2.38. The van der Waals surface area contributed by atoms with Gasteiger partial charge in [0.05, 0.1) is 17.3 Å². The number of nitrogens with one attached hydrogen (secondary N) is 1. The number of fused-ring (bicyclic) bond motifs is 2. The molecule has 2 aliphatic rings. The van der Waals surface area contributed by atoms with Gasteiger partial charge in [-0.3, -0.25) is 4.79 Å². The van der Waals surface area contributed by atoms with E-state index in [2.05, 4.69) is 19.8 Å². The molecule has 1 amide bonds. The quantitative estimate of drug-likeness (QED) is 0.837. The van der Waals surface area contributed by atoms with Crippen LogP contribution >= 0.6 is 11.6 Å². The summed E-state index contributed by atoms with van der Waals surface area (Å²) in [5.41, 5.74) is 8.25. The molecule has 108 valence electrons. The maximum Gasteiger partial charge on any atom is 0.245 e. The number of carbonyl (C=O) groups excluding carboxylic acids is 1. The molecular formula is C14H14ClN5O. The van der Waals surface area contributed by atoms with Gasteiger partial charge >= 0.3 is 0 Å². The molecule has 0 spiro atoms. The van der Waals surface area contributed by atoms with Gasteiger partial charge in [0, 0.05) is 36.7 Å². The molecule has 2 aromatic rings. The first-order chi connectivity index (χ1) is 10.1. The van der Waals surface area contributed by atoms with E-state index >= 15 is 0 Å².